The van der Waals surface area contributed by atoms with Gasteiger partial charge in [-0.15, -0.1) is 0 Å². The van der Waals surface area contributed by atoms with Crippen molar-refractivity contribution in [1.29, 1.82) is 0 Å². The molecule has 0 unspecified atom stereocenters. The fraction of sp³-hybridized carbons (Fsp3) is 0.545. The van der Waals surface area contributed by atoms with Gasteiger partial charge in [-0.1, -0.05) is 24.3 Å². The number of hydrogen-bond acceptors (Lipinski definition) is 3. The number of piperidine rings is 1. The number of anilines is 1. The summed E-state index contributed by atoms with van der Waals surface area (Å²) in [6.45, 7) is 7.08. The molecule has 2 saturated heterocycles. The first-order valence-corrected chi connectivity index (χ1v) is 10.7. The molecule has 3 heterocycles. The average molecular weight is 398 g/mol. The zero-order chi connectivity index (χ0) is 19.8. The number of rotatable bonds is 4. The Bertz CT molecular complexity index is 860. The molecule has 6 heteroatoms. The summed E-state index contributed by atoms with van der Waals surface area (Å²) in [7, 11) is 2.27. The molecule has 0 saturated carbocycles. The third-order valence-electron chi connectivity index (χ3n) is 6.63. The highest BCUT2D eigenvalue weighted by Gasteiger charge is 2.38. The van der Waals surface area contributed by atoms with E-state index >= 15 is 0 Å². The minimum absolute atomic E-state index is 0.469. The molecule has 2 aromatic rings. The van der Waals surface area contributed by atoms with Gasteiger partial charge in [0, 0.05) is 18.1 Å². The highest BCUT2D eigenvalue weighted by atomic mass is 32.1. The molecule has 0 amide bonds. The van der Waals surface area contributed by atoms with Crippen LogP contribution >= 0.6 is 12.2 Å². The Morgan fingerprint density at radius 2 is 1.82 bits per heavy atom. The molecule has 2 fully saturated rings. The molecule has 2 aliphatic rings. The Morgan fingerprint density at radius 3 is 2.50 bits per heavy atom. The minimum atomic E-state index is 0.469. The van der Waals surface area contributed by atoms with E-state index in [9.17, 15) is 0 Å². The van der Waals surface area contributed by atoms with Crippen molar-refractivity contribution in [3.63, 3.8) is 0 Å². The van der Waals surface area contributed by atoms with Crippen LogP contribution in [0.15, 0.2) is 24.3 Å². The lowest BCUT2D eigenvalue weighted by Gasteiger charge is -2.37. The van der Waals surface area contributed by atoms with Gasteiger partial charge in [0.2, 0.25) is 0 Å². The van der Waals surface area contributed by atoms with Crippen molar-refractivity contribution in [2.45, 2.75) is 71.1 Å². The number of nitrogens with one attached hydrogen (secondary N) is 2. The third kappa shape index (κ3) is 3.80. The second-order valence-electron chi connectivity index (χ2n) is 8.45. The van der Waals surface area contributed by atoms with Crippen molar-refractivity contribution in [3.8, 4) is 0 Å². The van der Waals surface area contributed by atoms with Crippen LogP contribution in [0.3, 0.4) is 0 Å². The van der Waals surface area contributed by atoms with Crippen LogP contribution in [-0.2, 0) is 6.54 Å². The van der Waals surface area contributed by atoms with E-state index in [0.29, 0.717) is 18.1 Å². The van der Waals surface area contributed by atoms with Gasteiger partial charge in [-0.3, -0.25) is 4.68 Å². The molecular weight excluding hydrogens is 366 g/mol. The van der Waals surface area contributed by atoms with E-state index in [2.05, 4.69) is 65.4 Å². The van der Waals surface area contributed by atoms with Crippen LogP contribution in [0.2, 0.25) is 0 Å². The number of fused-ring (bicyclic) bond motifs is 2. The Kier molecular flexibility index (Phi) is 5.43. The van der Waals surface area contributed by atoms with Crippen molar-refractivity contribution >= 4 is 23.0 Å². The number of aromatic nitrogens is 2. The summed E-state index contributed by atoms with van der Waals surface area (Å²) in [6, 6.07) is 10.4. The molecule has 2 bridgehead atoms. The van der Waals surface area contributed by atoms with E-state index < -0.39 is 0 Å². The van der Waals surface area contributed by atoms with Crippen LogP contribution in [0.5, 0.6) is 0 Å². The third-order valence-corrected chi connectivity index (χ3v) is 6.85. The lowest BCUT2D eigenvalue weighted by Crippen LogP contribution is -2.49. The van der Waals surface area contributed by atoms with E-state index in [1.165, 1.54) is 36.8 Å². The SMILES string of the molecule is Cc1ccccc1Cn1nc(C)c(NC(=S)NC2C[C@@H]3CC[C@@H](C2)N3C)c1C. The van der Waals surface area contributed by atoms with Crippen LogP contribution in [0.25, 0.3) is 0 Å². The van der Waals surface area contributed by atoms with Gasteiger partial charge in [0.25, 0.3) is 0 Å². The maximum atomic E-state index is 5.65. The summed E-state index contributed by atoms with van der Waals surface area (Å²) in [5, 5.41) is 12.5. The Morgan fingerprint density at radius 1 is 1.14 bits per heavy atom. The van der Waals surface area contributed by atoms with Gasteiger partial charge in [-0.25, -0.2) is 0 Å². The van der Waals surface area contributed by atoms with Crippen LogP contribution in [0.1, 0.15) is 48.2 Å². The number of benzene rings is 1. The van der Waals surface area contributed by atoms with E-state index in [4.69, 9.17) is 17.3 Å². The molecule has 5 nitrogen and oxygen atoms in total. The van der Waals surface area contributed by atoms with E-state index in [1.54, 1.807) is 0 Å². The molecule has 0 spiro atoms. The summed E-state index contributed by atoms with van der Waals surface area (Å²) in [5.41, 5.74) is 5.72. The Balaban J connectivity index is 1.41. The smallest absolute Gasteiger partial charge is 0.171 e. The fourth-order valence-electron chi connectivity index (χ4n) is 4.84. The Hall–Kier alpha value is -1.92. The second-order valence-corrected chi connectivity index (χ2v) is 8.86. The molecule has 28 heavy (non-hydrogen) atoms. The van der Waals surface area contributed by atoms with Crippen molar-refractivity contribution < 1.29 is 0 Å². The molecular formula is C22H31N5S. The molecule has 0 radical (unpaired) electrons. The van der Waals surface area contributed by atoms with Crippen LogP contribution in [0.4, 0.5) is 5.69 Å². The molecule has 4 rings (SSSR count). The minimum Gasteiger partial charge on any atom is -0.360 e. The average Bonchev–Trinajstić information content (AvgIpc) is 3.01. The zero-order valence-electron chi connectivity index (χ0n) is 17.3. The van der Waals surface area contributed by atoms with Crippen molar-refractivity contribution in [2.75, 3.05) is 12.4 Å². The van der Waals surface area contributed by atoms with E-state index in [-0.39, 0.29) is 0 Å². The largest absolute Gasteiger partial charge is 0.360 e. The quantitative estimate of drug-likeness (QED) is 0.769. The topological polar surface area (TPSA) is 45.1 Å². The lowest BCUT2D eigenvalue weighted by atomic mass is 9.98. The zero-order valence-corrected chi connectivity index (χ0v) is 18.1. The highest BCUT2D eigenvalue weighted by molar-refractivity contribution is 7.80. The van der Waals surface area contributed by atoms with Gasteiger partial charge in [-0.2, -0.15) is 5.10 Å². The summed E-state index contributed by atoms with van der Waals surface area (Å²) >= 11 is 5.65. The first kappa shape index (κ1) is 19.4. The van der Waals surface area contributed by atoms with E-state index in [1.807, 2.05) is 6.92 Å². The Labute approximate surface area is 173 Å². The molecule has 2 atom stereocenters. The van der Waals surface area contributed by atoms with Crippen LogP contribution in [0, 0.1) is 20.8 Å². The van der Waals surface area contributed by atoms with Crippen molar-refractivity contribution in [1.82, 2.24) is 20.0 Å². The molecule has 150 valence electrons. The van der Waals surface area contributed by atoms with E-state index in [0.717, 1.165) is 28.7 Å². The predicted molar refractivity (Wildman–Crippen MR) is 119 cm³/mol. The van der Waals surface area contributed by atoms with Gasteiger partial charge in [-0.05, 0) is 76.8 Å². The summed E-state index contributed by atoms with van der Waals surface area (Å²) in [5.74, 6) is 0. The fourth-order valence-corrected chi connectivity index (χ4v) is 5.11. The monoisotopic (exact) mass is 397 g/mol. The molecule has 1 aromatic carbocycles. The predicted octanol–water partition coefficient (Wildman–Crippen LogP) is 3.77. The van der Waals surface area contributed by atoms with Gasteiger partial charge in [0.15, 0.2) is 5.11 Å². The van der Waals surface area contributed by atoms with Gasteiger partial charge >= 0.3 is 0 Å². The van der Waals surface area contributed by atoms with Gasteiger partial charge in [0.1, 0.15) is 0 Å². The maximum Gasteiger partial charge on any atom is 0.171 e. The number of nitrogens with zero attached hydrogens (tertiary/aromatic N) is 3. The summed E-state index contributed by atoms with van der Waals surface area (Å²) < 4.78 is 2.07. The van der Waals surface area contributed by atoms with Gasteiger partial charge < -0.3 is 15.5 Å². The first-order chi connectivity index (χ1) is 13.4. The lowest BCUT2D eigenvalue weighted by molar-refractivity contribution is 0.156. The number of hydrogen-bond donors (Lipinski definition) is 2. The highest BCUT2D eigenvalue weighted by Crippen LogP contribution is 2.34. The standard InChI is InChI=1S/C22H31N5S/c1-14-7-5-6-8-17(14)13-27-16(3)21(15(2)25-27)24-22(28)23-18-11-19-9-10-20(12-18)26(19)4/h5-8,18-20H,9-13H2,1-4H3,(H2,23,24,28)/t19-,20-/m0/s1. The molecule has 0 aliphatic carbocycles. The number of thiocarbonyl (C=S) groups is 1. The second kappa shape index (κ2) is 7.84. The van der Waals surface area contributed by atoms with Crippen LogP contribution in [-0.4, -0.2) is 45.0 Å². The van der Waals surface area contributed by atoms with Crippen LogP contribution < -0.4 is 10.6 Å². The normalized spacial score (nSPS) is 24.4. The number of aryl methyl sites for hydroxylation is 2. The summed E-state index contributed by atoms with van der Waals surface area (Å²) in [6.07, 6.45) is 5.01. The van der Waals surface area contributed by atoms with Crippen molar-refractivity contribution in [3.05, 3.63) is 46.8 Å². The first-order valence-electron chi connectivity index (χ1n) is 10.3. The van der Waals surface area contributed by atoms with Gasteiger partial charge in [0.05, 0.1) is 23.6 Å². The molecule has 1 aromatic heterocycles. The molecule has 2 N–H and O–H groups in total. The molecule has 2 aliphatic heterocycles. The van der Waals surface area contributed by atoms with Crippen molar-refractivity contribution in [2.24, 2.45) is 0 Å². The summed E-state index contributed by atoms with van der Waals surface area (Å²) in [4.78, 5) is 2.55. The maximum absolute atomic E-state index is 5.65.